The third kappa shape index (κ3) is 4.54. The SMILES string of the molecule is C=CC(=O)Oc1ccc(-c2ccc(C(=O)OCCC)cc2)cc1. The molecule has 0 bridgehead atoms. The van der Waals surface area contributed by atoms with Crippen LogP contribution in [0, 0.1) is 0 Å². The first-order valence-electron chi connectivity index (χ1n) is 7.36. The monoisotopic (exact) mass is 310 g/mol. The van der Waals surface area contributed by atoms with Gasteiger partial charge in [0.1, 0.15) is 5.75 Å². The summed E-state index contributed by atoms with van der Waals surface area (Å²) in [4.78, 5) is 22.9. The third-order valence-electron chi connectivity index (χ3n) is 3.13. The van der Waals surface area contributed by atoms with E-state index in [2.05, 4.69) is 6.58 Å². The second-order valence-corrected chi connectivity index (χ2v) is 4.86. The topological polar surface area (TPSA) is 52.6 Å². The fraction of sp³-hybridized carbons (Fsp3) is 0.158. The zero-order valence-electron chi connectivity index (χ0n) is 13.0. The van der Waals surface area contributed by atoms with Crippen molar-refractivity contribution in [3.63, 3.8) is 0 Å². The highest BCUT2D eigenvalue weighted by molar-refractivity contribution is 5.90. The molecule has 2 rings (SSSR count). The van der Waals surface area contributed by atoms with Gasteiger partial charge in [0.15, 0.2) is 0 Å². The maximum absolute atomic E-state index is 11.7. The van der Waals surface area contributed by atoms with Crippen LogP contribution in [0.1, 0.15) is 23.7 Å². The van der Waals surface area contributed by atoms with Gasteiger partial charge in [0.2, 0.25) is 0 Å². The van der Waals surface area contributed by atoms with Crippen molar-refractivity contribution in [1.82, 2.24) is 0 Å². The number of carbonyl (C=O) groups is 2. The first-order chi connectivity index (χ1) is 11.1. The largest absolute Gasteiger partial charge is 0.462 e. The van der Waals surface area contributed by atoms with E-state index in [-0.39, 0.29) is 5.97 Å². The lowest BCUT2D eigenvalue weighted by molar-refractivity contribution is -0.128. The summed E-state index contributed by atoms with van der Waals surface area (Å²) in [6, 6.07) is 14.3. The van der Waals surface area contributed by atoms with E-state index in [4.69, 9.17) is 9.47 Å². The molecular weight excluding hydrogens is 292 g/mol. The van der Waals surface area contributed by atoms with Gasteiger partial charge in [-0.3, -0.25) is 0 Å². The van der Waals surface area contributed by atoms with Crippen LogP contribution in [0.25, 0.3) is 11.1 Å². The molecule has 0 fully saturated rings. The van der Waals surface area contributed by atoms with E-state index in [1.807, 2.05) is 31.2 Å². The standard InChI is InChI=1S/C19H18O4/c1-3-13-22-19(21)16-7-5-14(6-8-16)15-9-11-17(12-10-15)23-18(20)4-2/h4-12H,2-3,13H2,1H3. The first-order valence-corrected chi connectivity index (χ1v) is 7.36. The van der Waals surface area contributed by atoms with Crippen LogP contribution in [0.4, 0.5) is 0 Å². The van der Waals surface area contributed by atoms with Crippen molar-refractivity contribution in [2.75, 3.05) is 6.61 Å². The van der Waals surface area contributed by atoms with Gasteiger partial charge in [0.05, 0.1) is 12.2 Å². The number of rotatable bonds is 6. The van der Waals surface area contributed by atoms with Crippen LogP contribution in [0.2, 0.25) is 0 Å². The molecule has 0 amide bonds. The van der Waals surface area contributed by atoms with E-state index in [1.54, 1.807) is 24.3 Å². The van der Waals surface area contributed by atoms with E-state index < -0.39 is 5.97 Å². The molecule has 0 spiro atoms. The zero-order chi connectivity index (χ0) is 16.7. The van der Waals surface area contributed by atoms with Crippen LogP contribution in [-0.2, 0) is 9.53 Å². The molecule has 0 aliphatic carbocycles. The second kappa shape index (κ2) is 7.94. The molecule has 0 aromatic heterocycles. The molecule has 2 aromatic carbocycles. The number of hydrogen-bond acceptors (Lipinski definition) is 4. The van der Waals surface area contributed by atoms with Crippen LogP contribution < -0.4 is 4.74 Å². The molecule has 0 N–H and O–H groups in total. The Labute approximate surface area is 135 Å². The molecule has 0 aliphatic heterocycles. The van der Waals surface area contributed by atoms with Gasteiger partial charge in [0.25, 0.3) is 0 Å². The maximum Gasteiger partial charge on any atom is 0.338 e. The normalized spacial score (nSPS) is 9.96. The highest BCUT2D eigenvalue weighted by atomic mass is 16.5. The van der Waals surface area contributed by atoms with Gasteiger partial charge in [-0.25, -0.2) is 9.59 Å². The minimum Gasteiger partial charge on any atom is -0.462 e. The molecular formula is C19H18O4. The van der Waals surface area contributed by atoms with Crippen LogP contribution in [0.5, 0.6) is 5.75 Å². The minimum atomic E-state index is -0.493. The average molecular weight is 310 g/mol. The van der Waals surface area contributed by atoms with Gasteiger partial charge in [-0.05, 0) is 41.8 Å². The van der Waals surface area contributed by atoms with E-state index in [0.717, 1.165) is 23.6 Å². The molecule has 0 saturated heterocycles. The van der Waals surface area contributed by atoms with Crippen molar-refractivity contribution in [2.45, 2.75) is 13.3 Å². The highest BCUT2D eigenvalue weighted by Crippen LogP contribution is 2.23. The van der Waals surface area contributed by atoms with E-state index in [1.165, 1.54) is 0 Å². The van der Waals surface area contributed by atoms with Gasteiger partial charge in [0, 0.05) is 6.08 Å². The maximum atomic E-state index is 11.7. The van der Waals surface area contributed by atoms with Crippen LogP contribution >= 0.6 is 0 Å². The quantitative estimate of drug-likeness (QED) is 0.459. The molecule has 0 heterocycles. The lowest BCUT2D eigenvalue weighted by Crippen LogP contribution is -2.05. The molecule has 4 nitrogen and oxygen atoms in total. The summed E-state index contributed by atoms with van der Waals surface area (Å²) in [5.74, 6) is -0.351. The average Bonchev–Trinajstić information content (AvgIpc) is 2.60. The van der Waals surface area contributed by atoms with Gasteiger partial charge >= 0.3 is 11.9 Å². The number of carbonyl (C=O) groups excluding carboxylic acids is 2. The Kier molecular flexibility index (Phi) is 5.69. The number of ether oxygens (including phenoxy) is 2. The van der Waals surface area contributed by atoms with Gasteiger partial charge in [-0.2, -0.15) is 0 Å². The summed E-state index contributed by atoms with van der Waals surface area (Å²) >= 11 is 0. The summed E-state index contributed by atoms with van der Waals surface area (Å²) in [6.45, 7) is 5.72. The third-order valence-corrected chi connectivity index (χ3v) is 3.13. The Morgan fingerprint density at radius 1 is 1.00 bits per heavy atom. The summed E-state index contributed by atoms with van der Waals surface area (Å²) < 4.78 is 10.1. The fourth-order valence-electron chi connectivity index (χ4n) is 1.95. The van der Waals surface area contributed by atoms with Crippen LogP contribution in [0.3, 0.4) is 0 Å². The zero-order valence-corrected chi connectivity index (χ0v) is 13.0. The molecule has 4 heteroatoms. The Morgan fingerprint density at radius 3 is 2.09 bits per heavy atom. The summed E-state index contributed by atoms with van der Waals surface area (Å²) in [5.41, 5.74) is 2.44. The Bertz CT molecular complexity index is 684. The van der Waals surface area contributed by atoms with Crippen molar-refractivity contribution in [1.29, 1.82) is 0 Å². The Morgan fingerprint density at radius 2 is 1.57 bits per heavy atom. The smallest absolute Gasteiger partial charge is 0.338 e. The first kappa shape index (κ1) is 16.5. The summed E-state index contributed by atoms with van der Waals surface area (Å²) in [7, 11) is 0. The van der Waals surface area contributed by atoms with E-state index in [0.29, 0.717) is 17.9 Å². The molecule has 0 saturated carbocycles. The van der Waals surface area contributed by atoms with Crippen molar-refractivity contribution in [3.05, 3.63) is 66.7 Å². The van der Waals surface area contributed by atoms with E-state index in [9.17, 15) is 9.59 Å². The van der Waals surface area contributed by atoms with E-state index >= 15 is 0 Å². The predicted molar refractivity (Wildman–Crippen MR) is 88.3 cm³/mol. The summed E-state index contributed by atoms with van der Waals surface area (Å²) in [6.07, 6.45) is 1.91. The van der Waals surface area contributed by atoms with Crippen molar-refractivity contribution >= 4 is 11.9 Å². The lowest BCUT2D eigenvalue weighted by Gasteiger charge is -2.06. The molecule has 0 aliphatic rings. The second-order valence-electron chi connectivity index (χ2n) is 4.86. The molecule has 23 heavy (non-hydrogen) atoms. The number of benzene rings is 2. The Hall–Kier alpha value is -2.88. The van der Waals surface area contributed by atoms with Crippen molar-refractivity contribution in [3.8, 4) is 16.9 Å². The van der Waals surface area contributed by atoms with Gasteiger partial charge in [-0.15, -0.1) is 0 Å². The fourth-order valence-corrected chi connectivity index (χ4v) is 1.95. The minimum absolute atomic E-state index is 0.315. The molecule has 0 radical (unpaired) electrons. The molecule has 118 valence electrons. The van der Waals surface area contributed by atoms with Crippen LogP contribution in [0.15, 0.2) is 61.2 Å². The number of esters is 2. The summed E-state index contributed by atoms with van der Waals surface area (Å²) in [5, 5.41) is 0. The van der Waals surface area contributed by atoms with Gasteiger partial charge < -0.3 is 9.47 Å². The number of hydrogen-bond donors (Lipinski definition) is 0. The highest BCUT2D eigenvalue weighted by Gasteiger charge is 2.07. The molecule has 2 aromatic rings. The Balaban J connectivity index is 2.08. The molecule has 0 atom stereocenters. The van der Waals surface area contributed by atoms with Gasteiger partial charge in [-0.1, -0.05) is 37.8 Å². The van der Waals surface area contributed by atoms with Crippen LogP contribution in [-0.4, -0.2) is 18.5 Å². The molecule has 0 unspecified atom stereocenters. The lowest BCUT2D eigenvalue weighted by atomic mass is 10.0. The van der Waals surface area contributed by atoms with Crippen molar-refractivity contribution in [2.24, 2.45) is 0 Å². The predicted octanol–water partition coefficient (Wildman–Crippen LogP) is 4.01. The van der Waals surface area contributed by atoms with Crippen molar-refractivity contribution < 1.29 is 19.1 Å².